The third kappa shape index (κ3) is 3.60. The van der Waals surface area contributed by atoms with Crippen LogP contribution in [0.3, 0.4) is 0 Å². The van der Waals surface area contributed by atoms with Gasteiger partial charge in [0.15, 0.2) is 5.82 Å². The van der Waals surface area contributed by atoms with Gasteiger partial charge in [-0.2, -0.15) is 4.73 Å². The molecule has 0 fully saturated rings. The molecule has 0 aliphatic carbocycles. The van der Waals surface area contributed by atoms with Crippen LogP contribution in [0.25, 0.3) is 22.4 Å². The largest absolute Gasteiger partial charge is 0.463 e. The molecule has 2 aromatic carbocycles. The predicted molar refractivity (Wildman–Crippen MR) is 94.9 cm³/mol. The number of hydrogen-bond acceptors (Lipinski definition) is 6. The highest BCUT2D eigenvalue weighted by atomic mass is 35.5. The molecule has 134 valence electrons. The molecule has 3 aromatic rings. The number of non-ortho nitro benzene ring substituents is 1. The Morgan fingerprint density at radius 3 is 2.65 bits per heavy atom. The van der Waals surface area contributed by atoms with Gasteiger partial charge in [-0.1, -0.05) is 11.6 Å². The van der Waals surface area contributed by atoms with Crippen LogP contribution < -0.4 is 4.84 Å². The van der Waals surface area contributed by atoms with E-state index in [9.17, 15) is 14.9 Å². The first-order chi connectivity index (χ1) is 12.5. The lowest BCUT2D eigenvalue weighted by molar-refractivity contribution is -0.384. The predicted octanol–water partition coefficient (Wildman–Crippen LogP) is 3.26. The van der Waals surface area contributed by atoms with Crippen molar-refractivity contribution in [1.82, 2.24) is 9.71 Å². The van der Waals surface area contributed by atoms with E-state index in [1.54, 1.807) is 31.2 Å². The lowest BCUT2D eigenvalue weighted by Gasteiger charge is -2.10. The van der Waals surface area contributed by atoms with E-state index in [1.807, 2.05) is 0 Å². The number of imidazole rings is 1. The van der Waals surface area contributed by atoms with Crippen molar-refractivity contribution in [2.45, 2.75) is 6.92 Å². The van der Waals surface area contributed by atoms with E-state index >= 15 is 0 Å². The number of rotatable bonds is 6. The Labute approximate surface area is 153 Å². The molecule has 1 heterocycles. The summed E-state index contributed by atoms with van der Waals surface area (Å²) in [5.41, 5.74) is 1.43. The summed E-state index contributed by atoms with van der Waals surface area (Å²) in [5.74, 6) is -0.164. The van der Waals surface area contributed by atoms with E-state index in [4.69, 9.17) is 21.2 Å². The Morgan fingerprint density at radius 2 is 2.00 bits per heavy atom. The second-order valence-corrected chi connectivity index (χ2v) is 5.68. The fourth-order valence-corrected chi connectivity index (χ4v) is 2.51. The van der Waals surface area contributed by atoms with Crippen LogP contribution in [0.15, 0.2) is 42.5 Å². The molecule has 0 saturated carbocycles. The van der Waals surface area contributed by atoms with Crippen molar-refractivity contribution in [1.29, 1.82) is 0 Å². The smallest absolute Gasteiger partial charge is 0.346 e. The fourth-order valence-electron chi connectivity index (χ4n) is 2.39. The first-order valence-corrected chi connectivity index (χ1v) is 8.09. The number of hydrogen-bond donors (Lipinski definition) is 0. The maximum Gasteiger partial charge on any atom is 0.346 e. The second kappa shape index (κ2) is 7.40. The molecule has 1 aromatic heterocycles. The van der Waals surface area contributed by atoms with Crippen molar-refractivity contribution in [3.05, 3.63) is 57.6 Å². The van der Waals surface area contributed by atoms with E-state index in [0.29, 0.717) is 27.4 Å². The number of halogens is 1. The lowest BCUT2D eigenvalue weighted by Crippen LogP contribution is -2.22. The average Bonchev–Trinajstić information content (AvgIpc) is 2.98. The fraction of sp³-hybridized carbons (Fsp3) is 0.176. The second-order valence-electron chi connectivity index (χ2n) is 5.25. The van der Waals surface area contributed by atoms with Crippen LogP contribution in [-0.4, -0.2) is 33.8 Å². The molecule has 0 spiro atoms. The summed E-state index contributed by atoms with van der Waals surface area (Å²) in [5, 5.41) is 11.6. The average molecular weight is 376 g/mol. The van der Waals surface area contributed by atoms with Gasteiger partial charge in [-0.3, -0.25) is 10.1 Å². The number of benzene rings is 2. The molecule has 8 nitrogen and oxygen atoms in total. The van der Waals surface area contributed by atoms with Crippen molar-refractivity contribution >= 4 is 34.3 Å². The monoisotopic (exact) mass is 375 g/mol. The molecule has 0 saturated heterocycles. The Bertz CT molecular complexity index is 968. The number of aromatic nitrogens is 2. The van der Waals surface area contributed by atoms with Gasteiger partial charge in [0.25, 0.3) is 5.69 Å². The van der Waals surface area contributed by atoms with Gasteiger partial charge in [0.05, 0.1) is 17.0 Å². The van der Waals surface area contributed by atoms with E-state index in [1.165, 1.54) is 22.9 Å². The first-order valence-electron chi connectivity index (χ1n) is 7.71. The van der Waals surface area contributed by atoms with Gasteiger partial charge in [-0.05, 0) is 37.3 Å². The minimum atomic E-state index is -0.554. The maximum atomic E-state index is 11.6. The summed E-state index contributed by atoms with van der Waals surface area (Å²) in [7, 11) is 0. The first kappa shape index (κ1) is 17.7. The minimum absolute atomic E-state index is 0.110. The Morgan fingerprint density at radius 1 is 1.27 bits per heavy atom. The van der Waals surface area contributed by atoms with E-state index in [0.717, 1.165) is 0 Å². The van der Waals surface area contributed by atoms with Gasteiger partial charge >= 0.3 is 5.97 Å². The van der Waals surface area contributed by atoms with Crippen LogP contribution in [0.4, 0.5) is 5.69 Å². The third-order valence-electron chi connectivity index (χ3n) is 3.53. The van der Waals surface area contributed by atoms with Crippen LogP contribution in [-0.2, 0) is 9.53 Å². The summed E-state index contributed by atoms with van der Waals surface area (Å²) in [6.07, 6.45) is 0. The van der Waals surface area contributed by atoms with Gasteiger partial charge in [0.2, 0.25) is 6.61 Å². The molecule has 0 amide bonds. The van der Waals surface area contributed by atoms with Gasteiger partial charge in [0.1, 0.15) is 5.52 Å². The molecule has 0 N–H and O–H groups in total. The van der Waals surface area contributed by atoms with Gasteiger partial charge in [-0.15, -0.1) is 0 Å². The molecule has 0 bridgehead atoms. The van der Waals surface area contributed by atoms with Gasteiger partial charge < -0.3 is 9.57 Å². The summed E-state index contributed by atoms with van der Waals surface area (Å²) in [6, 6.07) is 11.1. The number of ether oxygens (including phenoxy) is 1. The minimum Gasteiger partial charge on any atom is -0.463 e. The van der Waals surface area contributed by atoms with Gasteiger partial charge in [-0.25, -0.2) is 9.78 Å². The lowest BCUT2D eigenvalue weighted by atomic mass is 10.2. The normalized spacial score (nSPS) is 10.7. The van der Waals surface area contributed by atoms with Crippen molar-refractivity contribution in [3.8, 4) is 11.4 Å². The third-order valence-corrected chi connectivity index (χ3v) is 3.78. The molecule has 0 radical (unpaired) electrons. The molecular weight excluding hydrogens is 362 g/mol. The molecule has 3 rings (SSSR count). The van der Waals surface area contributed by atoms with Crippen LogP contribution >= 0.6 is 11.6 Å². The molecule has 0 atom stereocenters. The Kier molecular flexibility index (Phi) is 5.04. The number of nitro groups is 1. The number of esters is 1. The summed E-state index contributed by atoms with van der Waals surface area (Å²) in [6.45, 7) is 1.55. The summed E-state index contributed by atoms with van der Waals surface area (Å²) in [4.78, 5) is 32.2. The van der Waals surface area contributed by atoms with Crippen molar-refractivity contribution in [3.63, 3.8) is 0 Å². The highest BCUT2D eigenvalue weighted by Crippen LogP contribution is 2.27. The van der Waals surface area contributed by atoms with Crippen LogP contribution in [0.5, 0.6) is 0 Å². The molecular formula is C17H14ClN3O5. The zero-order valence-electron chi connectivity index (χ0n) is 13.7. The molecule has 0 aliphatic rings. The Balaban J connectivity index is 2.09. The highest BCUT2D eigenvalue weighted by molar-refractivity contribution is 6.30. The number of nitro benzene ring substituents is 1. The number of fused-ring (bicyclic) bond motifs is 1. The summed E-state index contributed by atoms with van der Waals surface area (Å²) >= 11 is 5.92. The number of nitrogens with zero attached hydrogens (tertiary/aromatic N) is 3. The zero-order valence-corrected chi connectivity index (χ0v) is 14.5. The van der Waals surface area contributed by atoms with E-state index in [-0.39, 0.29) is 18.9 Å². The van der Waals surface area contributed by atoms with Crippen LogP contribution in [0.1, 0.15) is 6.92 Å². The van der Waals surface area contributed by atoms with Crippen molar-refractivity contribution in [2.24, 2.45) is 0 Å². The highest BCUT2D eigenvalue weighted by Gasteiger charge is 2.18. The molecule has 0 aliphatic heterocycles. The van der Waals surface area contributed by atoms with Crippen molar-refractivity contribution < 1.29 is 19.3 Å². The number of carbonyl (C=O) groups excluding carboxylic acids is 1. The Hall–Kier alpha value is -3.13. The molecule has 9 heteroatoms. The van der Waals surface area contributed by atoms with E-state index < -0.39 is 10.9 Å². The molecule has 0 unspecified atom stereocenters. The number of carbonyl (C=O) groups is 1. The standard InChI is InChI=1S/C17H14ClN3O5/c1-2-25-16(22)10-26-20-15-9-13(21(23)24)7-8-14(15)19-17(20)11-3-5-12(18)6-4-11/h3-9H,2,10H2,1H3. The van der Waals surface area contributed by atoms with Gasteiger partial charge in [0, 0.05) is 22.7 Å². The zero-order chi connectivity index (χ0) is 18.7. The maximum absolute atomic E-state index is 11.6. The van der Waals surface area contributed by atoms with Crippen LogP contribution in [0, 0.1) is 10.1 Å². The van der Waals surface area contributed by atoms with Crippen LogP contribution in [0.2, 0.25) is 5.02 Å². The quantitative estimate of drug-likeness (QED) is 0.372. The molecule has 26 heavy (non-hydrogen) atoms. The van der Waals surface area contributed by atoms with Crippen molar-refractivity contribution in [2.75, 3.05) is 13.2 Å². The topological polar surface area (TPSA) is 96.5 Å². The van der Waals surface area contributed by atoms with E-state index in [2.05, 4.69) is 4.98 Å². The SMILES string of the molecule is CCOC(=O)COn1c(-c2ccc(Cl)cc2)nc2ccc([N+](=O)[O-])cc21. The summed E-state index contributed by atoms with van der Waals surface area (Å²) < 4.78 is 6.15.